The van der Waals surface area contributed by atoms with Crippen molar-refractivity contribution in [3.05, 3.63) is 48.0 Å². The van der Waals surface area contributed by atoms with E-state index in [1.54, 1.807) is 18.2 Å². The average molecular weight is 464 g/mol. The van der Waals surface area contributed by atoms with Crippen LogP contribution in [-0.2, 0) is 14.8 Å². The molecule has 0 aromatic heterocycles. The second-order valence-electron chi connectivity index (χ2n) is 7.23. The topological polar surface area (TPSA) is 124 Å². The first-order valence-corrected chi connectivity index (χ1v) is 11.5. The van der Waals surface area contributed by atoms with Crippen molar-refractivity contribution < 1.29 is 37.3 Å². The minimum Gasteiger partial charge on any atom is -0.491 e. The van der Waals surface area contributed by atoms with Crippen LogP contribution in [0, 0.1) is 0 Å². The molecule has 2 aromatic rings. The molecule has 2 aliphatic heterocycles. The lowest BCUT2D eigenvalue weighted by molar-refractivity contribution is 0.0730. The van der Waals surface area contributed by atoms with Crippen molar-refractivity contribution in [1.82, 2.24) is 9.62 Å². The molecule has 2 aliphatic rings. The Morgan fingerprint density at radius 2 is 1.81 bits per heavy atom. The van der Waals surface area contributed by atoms with Gasteiger partial charge in [0.05, 0.1) is 18.1 Å². The van der Waals surface area contributed by atoms with E-state index in [-0.39, 0.29) is 30.4 Å². The third-order valence-electron chi connectivity index (χ3n) is 5.01. The molecule has 32 heavy (non-hydrogen) atoms. The lowest BCUT2D eigenvalue weighted by Crippen LogP contribution is -2.40. The van der Waals surface area contributed by atoms with Gasteiger partial charge in [0.25, 0.3) is 5.91 Å². The molecule has 2 N–H and O–H groups in total. The van der Waals surface area contributed by atoms with Crippen molar-refractivity contribution in [3.8, 4) is 17.2 Å². The zero-order valence-corrected chi connectivity index (χ0v) is 18.0. The van der Waals surface area contributed by atoms with Gasteiger partial charge in [0, 0.05) is 31.3 Å². The van der Waals surface area contributed by atoms with Crippen LogP contribution in [0.15, 0.2) is 47.4 Å². The lowest BCUT2D eigenvalue weighted by atomic mass is 10.2. The smallest absolute Gasteiger partial charge is 0.251 e. The Hall–Kier alpha value is -2.86. The molecule has 1 unspecified atom stereocenters. The summed E-state index contributed by atoms with van der Waals surface area (Å²) >= 11 is 0. The predicted molar refractivity (Wildman–Crippen MR) is 112 cm³/mol. The molecule has 0 aliphatic carbocycles. The van der Waals surface area contributed by atoms with Gasteiger partial charge in [0.15, 0.2) is 11.5 Å². The molecule has 1 amide bonds. The number of sulfonamides is 1. The van der Waals surface area contributed by atoms with Crippen LogP contribution >= 0.6 is 0 Å². The molecule has 4 rings (SSSR count). The molecule has 2 aromatic carbocycles. The predicted octanol–water partition coefficient (Wildman–Crippen LogP) is 0.606. The molecule has 10 nitrogen and oxygen atoms in total. The molecule has 1 atom stereocenters. The maximum absolute atomic E-state index is 12.6. The number of morpholine rings is 1. The number of carbonyl (C=O) groups is 1. The highest BCUT2D eigenvalue weighted by molar-refractivity contribution is 7.89. The zero-order valence-electron chi connectivity index (χ0n) is 17.2. The van der Waals surface area contributed by atoms with Gasteiger partial charge in [-0.05, 0) is 36.4 Å². The van der Waals surface area contributed by atoms with Gasteiger partial charge in [-0.25, -0.2) is 8.42 Å². The van der Waals surface area contributed by atoms with Crippen LogP contribution in [0.25, 0.3) is 0 Å². The van der Waals surface area contributed by atoms with Crippen LogP contribution in [0.4, 0.5) is 0 Å². The van der Waals surface area contributed by atoms with Crippen LogP contribution in [0.1, 0.15) is 10.4 Å². The number of hydrogen-bond acceptors (Lipinski definition) is 8. The first-order valence-electron chi connectivity index (χ1n) is 10.1. The van der Waals surface area contributed by atoms with Gasteiger partial charge in [-0.3, -0.25) is 4.79 Å². The van der Waals surface area contributed by atoms with E-state index in [2.05, 4.69) is 5.32 Å². The van der Waals surface area contributed by atoms with Crippen LogP contribution in [0.5, 0.6) is 17.2 Å². The van der Waals surface area contributed by atoms with Crippen molar-refractivity contribution in [1.29, 1.82) is 0 Å². The molecule has 2 heterocycles. The van der Waals surface area contributed by atoms with Crippen LogP contribution in [-0.4, -0.2) is 76.1 Å². The largest absolute Gasteiger partial charge is 0.491 e. The Morgan fingerprint density at radius 3 is 2.56 bits per heavy atom. The monoisotopic (exact) mass is 464 g/mol. The maximum atomic E-state index is 12.6. The number of hydrogen-bond donors (Lipinski definition) is 2. The SMILES string of the molecule is O=C(NCC(O)COc1ccc2c(c1)OCO2)c1ccc(S(=O)(=O)N2CCOCC2)cc1. The highest BCUT2D eigenvalue weighted by Gasteiger charge is 2.26. The molecule has 0 saturated carbocycles. The van der Waals surface area contributed by atoms with E-state index in [4.69, 9.17) is 18.9 Å². The van der Waals surface area contributed by atoms with E-state index in [1.807, 2.05) is 0 Å². The number of benzene rings is 2. The first-order chi connectivity index (χ1) is 15.4. The summed E-state index contributed by atoms with van der Waals surface area (Å²) in [5.74, 6) is 1.29. The van der Waals surface area contributed by atoms with Gasteiger partial charge < -0.3 is 29.4 Å². The summed E-state index contributed by atoms with van der Waals surface area (Å²) in [4.78, 5) is 12.5. The van der Waals surface area contributed by atoms with Gasteiger partial charge >= 0.3 is 0 Å². The van der Waals surface area contributed by atoms with E-state index in [1.165, 1.54) is 28.6 Å². The van der Waals surface area contributed by atoms with Gasteiger partial charge in [-0.1, -0.05) is 0 Å². The summed E-state index contributed by atoms with van der Waals surface area (Å²) in [5, 5.41) is 12.7. The third kappa shape index (κ3) is 5.13. The maximum Gasteiger partial charge on any atom is 0.251 e. The number of nitrogens with one attached hydrogen (secondary N) is 1. The molecule has 1 saturated heterocycles. The fourth-order valence-electron chi connectivity index (χ4n) is 3.24. The number of ether oxygens (including phenoxy) is 4. The third-order valence-corrected chi connectivity index (χ3v) is 6.92. The molecule has 0 bridgehead atoms. The highest BCUT2D eigenvalue weighted by Crippen LogP contribution is 2.35. The fourth-order valence-corrected chi connectivity index (χ4v) is 4.65. The number of amides is 1. The normalized spacial score (nSPS) is 17.0. The number of aliphatic hydroxyl groups is 1. The van der Waals surface area contributed by atoms with Gasteiger partial charge in [0.2, 0.25) is 16.8 Å². The summed E-state index contributed by atoms with van der Waals surface area (Å²) in [7, 11) is -3.62. The Labute approximate surface area is 185 Å². The fraction of sp³-hybridized carbons (Fsp3) is 0.381. The molecule has 0 spiro atoms. The first kappa shape index (κ1) is 22.3. The summed E-state index contributed by atoms with van der Waals surface area (Å²) in [6.07, 6.45) is -0.939. The van der Waals surface area contributed by atoms with E-state index >= 15 is 0 Å². The van der Waals surface area contributed by atoms with Crippen molar-refractivity contribution in [2.24, 2.45) is 0 Å². The molecule has 172 valence electrons. The number of carbonyl (C=O) groups excluding carboxylic acids is 1. The average Bonchev–Trinajstić information content (AvgIpc) is 3.30. The standard InChI is InChI=1S/C21H24N2O8S/c24-16(13-29-17-3-6-19-20(11-17)31-14-30-19)12-22-21(25)15-1-4-18(5-2-15)32(26,27)23-7-9-28-10-8-23/h1-6,11,16,24H,7-10,12-14H2,(H,22,25). The van der Waals surface area contributed by atoms with Gasteiger partial charge in [-0.2, -0.15) is 4.31 Å². The number of rotatable bonds is 8. The van der Waals surface area contributed by atoms with E-state index in [9.17, 15) is 18.3 Å². The number of nitrogens with zero attached hydrogens (tertiary/aromatic N) is 1. The molecular formula is C21H24N2O8S. The molecule has 0 radical (unpaired) electrons. The second-order valence-corrected chi connectivity index (χ2v) is 9.17. The van der Waals surface area contributed by atoms with Gasteiger partial charge in [0.1, 0.15) is 18.5 Å². The Kier molecular flexibility index (Phi) is 6.80. The van der Waals surface area contributed by atoms with E-state index in [0.717, 1.165) is 0 Å². The van der Waals surface area contributed by atoms with E-state index in [0.29, 0.717) is 43.6 Å². The van der Waals surface area contributed by atoms with Crippen LogP contribution < -0.4 is 19.5 Å². The summed E-state index contributed by atoms with van der Waals surface area (Å²) in [6, 6.07) is 10.8. The van der Waals surface area contributed by atoms with E-state index < -0.39 is 22.0 Å². The summed E-state index contributed by atoms with van der Waals surface area (Å²) in [5.41, 5.74) is 0.287. The van der Waals surface area contributed by atoms with Crippen molar-refractivity contribution >= 4 is 15.9 Å². The Balaban J connectivity index is 1.26. The molecular weight excluding hydrogens is 440 g/mol. The molecule has 11 heteroatoms. The lowest BCUT2D eigenvalue weighted by Gasteiger charge is -2.26. The van der Waals surface area contributed by atoms with Crippen molar-refractivity contribution in [2.75, 3.05) is 46.2 Å². The van der Waals surface area contributed by atoms with Gasteiger partial charge in [-0.15, -0.1) is 0 Å². The van der Waals surface area contributed by atoms with Crippen LogP contribution in [0.3, 0.4) is 0 Å². The Bertz CT molecular complexity index is 1050. The minimum atomic E-state index is -3.62. The minimum absolute atomic E-state index is 0.0305. The molecule has 1 fully saturated rings. The quantitative estimate of drug-likeness (QED) is 0.582. The number of aliphatic hydroxyl groups excluding tert-OH is 1. The van der Waals surface area contributed by atoms with Crippen LogP contribution in [0.2, 0.25) is 0 Å². The zero-order chi connectivity index (χ0) is 22.6. The Morgan fingerprint density at radius 1 is 1.09 bits per heavy atom. The van der Waals surface area contributed by atoms with Crippen molar-refractivity contribution in [2.45, 2.75) is 11.0 Å². The second kappa shape index (κ2) is 9.74. The highest BCUT2D eigenvalue weighted by atomic mass is 32.2. The summed E-state index contributed by atoms with van der Waals surface area (Å²) in [6.45, 7) is 1.43. The number of fused-ring (bicyclic) bond motifs is 1. The summed E-state index contributed by atoms with van der Waals surface area (Å²) < 4.78 is 47.9. The van der Waals surface area contributed by atoms with Crippen molar-refractivity contribution in [3.63, 3.8) is 0 Å².